The van der Waals surface area contributed by atoms with Crippen molar-refractivity contribution in [2.24, 2.45) is 10.1 Å². The molecule has 0 aliphatic heterocycles. The molecule has 8 nitrogen and oxygen atoms in total. The van der Waals surface area contributed by atoms with Crippen molar-refractivity contribution in [3.05, 3.63) is 59.2 Å². The van der Waals surface area contributed by atoms with Gasteiger partial charge >= 0.3 is 0 Å². The average Bonchev–Trinajstić information content (AvgIpc) is 2.58. The molecule has 0 bridgehead atoms. The molecule has 4 N–H and O–H groups in total. The van der Waals surface area contributed by atoms with Crippen LogP contribution in [0.3, 0.4) is 0 Å². The molecule has 29 heavy (non-hydrogen) atoms. The van der Waals surface area contributed by atoms with Crippen LogP contribution in [0, 0.1) is 23.3 Å². The summed E-state index contributed by atoms with van der Waals surface area (Å²) in [6.07, 6.45) is 0. The topological polar surface area (TPSA) is 131 Å². The third kappa shape index (κ3) is 5.28. The number of guanidine groups is 1. The highest BCUT2D eigenvalue weighted by Crippen LogP contribution is 2.21. The van der Waals surface area contributed by atoms with Gasteiger partial charge in [-0.3, -0.25) is 14.9 Å². The van der Waals surface area contributed by atoms with E-state index in [-0.39, 0.29) is 0 Å². The van der Waals surface area contributed by atoms with Crippen molar-refractivity contribution < 1.29 is 35.6 Å². The summed E-state index contributed by atoms with van der Waals surface area (Å²) in [5.74, 6) is -8.79. The largest absolute Gasteiger partial charge is 0.369 e. The third-order valence-corrected chi connectivity index (χ3v) is 4.54. The maximum Gasteiger partial charge on any atom is 0.288 e. The highest BCUT2D eigenvalue weighted by molar-refractivity contribution is 7.90. The van der Waals surface area contributed by atoms with Crippen molar-refractivity contribution in [2.75, 3.05) is 5.32 Å². The molecule has 2 rings (SSSR count). The molecule has 0 aliphatic carbocycles. The summed E-state index contributed by atoms with van der Waals surface area (Å²) in [4.78, 5) is 22.0. The molecule has 0 saturated heterocycles. The number of nitrogens with one attached hydrogen (secondary N) is 2. The van der Waals surface area contributed by atoms with Gasteiger partial charge in [0.1, 0.15) is 10.7 Å². The van der Waals surface area contributed by atoms with Crippen LogP contribution in [0.2, 0.25) is 0 Å². The Hall–Kier alpha value is -3.48. The standard InChI is InChI=1S/C16H12F4N4O4S/c1-7(25)22-16(21)24-29(27,28)13-4-8(2-3-10(13)17)15(26)23-9-5-11(18)14(20)12(19)6-9/h2-6H,1H3,(H,23,26)(H3,21,22,24,25). The number of benzene rings is 2. The minimum atomic E-state index is -4.76. The van der Waals surface area contributed by atoms with Crippen molar-refractivity contribution in [1.29, 1.82) is 0 Å². The second kappa shape index (κ2) is 8.26. The lowest BCUT2D eigenvalue weighted by Gasteiger charge is -2.08. The maximum absolute atomic E-state index is 14.0. The van der Waals surface area contributed by atoms with Gasteiger partial charge in [-0.25, -0.2) is 17.6 Å². The van der Waals surface area contributed by atoms with E-state index in [1.54, 1.807) is 0 Å². The van der Waals surface area contributed by atoms with E-state index in [1.165, 1.54) is 0 Å². The molecule has 0 saturated carbocycles. The minimum absolute atomic E-state index is 0.427. The summed E-state index contributed by atoms with van der Waals surface area (Å²) in [5.41, 5.74) is 4.33. The van der Waals surface area contributed by atoms with Crippen molar-refractivity contribution in [2.45, 2.75) is 11.8 Å². The molecule has 154 valence electrons. The Balaban J connectivity index is 2.37. The number of nitrogens with zero attached hydrogens (tertiary/aromatic N) is 1. The van der Waals surface area contributed by atoms with Gasteiger partial charge in [0, 0.05) is 30.3 Å². The number of carbonyl (C=O) groups is 2. The van der Waals surface area contributed by atoms with Crippen LogP contribution in [0.25, 0.3) is 0 Å². The number of halogens is 4. The fraction of sp³-hybridized carbons (Fsp3) is 0.0625. The van der Waals surface area contributed by atoms with Crippen LogP contribution in [0.4, 0.5) is 23.2 Å². The van der Waals surface area contributed by atoms with Crippen molar-refractivity contribution >= 4 is 33.5 Å². The Morgan fingerprint density at radius 3 is 2.14 bits per heavy atom. The van der Waals surface area contributed by atoms with Crippen LogP contribution in [0.15, 0.2) is 39.6 Å². The number of carbonyl (C=O) groups excluding carboxylic acids is 2. The molecule has 0 heterocycles. The van der Waals surface area contributed by atoms with Gasteiger partial charge in [-0.2, -0.15) is 8.42 Å². The molecule has 0 aromatic heterocycles. The zero-order valence-electron chi connectivity index (χ0n) is 14.5. The quantitative estimate of drug-likeness (QED) is 0.293. The normalized spacial score (nSPS) is 11.8. The highest BCUT2D eigenvalue weighted by atomic mass is 32.2. The van der Waals surface area contributed by atoms with Gasteiger partial charge < -0.3 is 11.1 Å². The smallest absolute Gasteiger partial charge is 0.288 e. The summed E-state index contributed by atoms with van der Waals surface area (Å²) >= 11 is 0. The molecular weight excluding hydrogens is 420 g/mol. The first-order valence-electron chi connectivity index (χ1n) is 7.54. The van der Waals surface area contributed by atoms with Gasteiger partial charge in [0.2, 0.25) is 11.9 Å². The summed E-state index contributed by atoms with van der Waals surface area (Å²) in [7, 11) is -4.76. The van der Waals surface area contributed by atoms with Crippen LogP contribution >= 0.6 is 0 Å². The Bertz CT molecular complexity index is 1110. The number of sulfonamides is 1. The molecule has 0 unspecified atom stereocenters. The van der Waals surface area contributed by atoms with E-state index in [9.17, 15) is 35.6 Å². The van der Waals surface area contributed by atoms with Crippen LogP contribution in [-0.2, 0) is 14.8 Å². The van der Waals surface area contributed by atoms with Crippen molar-refractivity contribution in [1.82, 2.24) is 5.32 Å². The predicted octanol–water partition coefficient (Wildman–Crippen LogP) is 1.63. The fourth-order valence-corrected chi connectivity index (χ4v) is 3.05. The second-order valence-electron chi connectivity index (χ2n) is 5.49. The number of anilines is 1. The maximum atomic E-state index is 14.0. The summed E-state index contributed by atoms with van der Waals surface area (Å²) < 4.78 is 80.8. The Morgan fingerprint density at radius 2 is 1.59 bits per heavy atom. The second-order valence-corrected chi connectivity index (χ2v) is 7.06. The predicted molar refractivity (Wildman–Crippen MR) is 93.3 cm³/mol. The van der Waals surface area contributed by atoms with Crippen LogP contribution in [-0.4, -0.2) is 26.2 Å². The molecular formula is C16H12F4N4O4S. The molecule has 2 aromatic rings. The zero-order chi connectivity index (χ0) is 21.9. The first-order chi connectivity index (χ1) is 13.4. The van der Waals surface area contributed by atoms with E-state index in [1.807, 2.05) is 10.6 Å². The van der Waals surface area contributed by atoms with Gasteiger partial charge in [-0.1, -0.05) is 0 Å². The molecule has 0 atom stereocenters. The van der Waals surface area contributed by atoms with E-state index in [0.717, 1.165) is 13.0 Å². The molecule has 2 amide bonds. The zero-order valence-corrected chi connectivity index (χ0v) is 15.3. The average molecular weight is 432 g/mol. The number of amides is 2. The van der Waals surface area contributed by atoms with Crippen LogP contribution < -0.4 is 16.4 Å². The Kier molecular flexibility index (Phi) is 6.21. The molecule has 0 fully saturated rings. The van der Waals surface area contributed by atoms with Gasteiger partial charge in [-0.15, -0.1) is 4.40 Å². The van der Waals surface area contributed by atoms with Gasteiger partial charge in [0.25, 0.3) is 15.9 Å². The first-order valence-corrected chi connectivity index (χ1v) is 8.98. The SMILES string of the molecule is CC(=O)NC(N)=NS(=O)(=O)c1cc(C(=O)Nc2cc(F)c(F)c(F)c2)ccc1F. The van der Waals surface area contributed by atoms with Crippen LogP contribution in [0.1, 0.15) is 17.3 Å². The number of rotatable bonds is 4. The van der Waals surface area contributed by atoms with Gasteiger partial charge in [-0.05, 0) is 18.2 Å². The Morgan fingerprint density at radius 1 is 1.00 bits per heavy atom. The summed E-state index contributed by atoms with van der Waals surface area (Å²) in [6.45, 7) is 1.03. The Labute approximate surface area is 161 Å². The minimum Gasteiger partial charge on any atom is -0.369 e. The first kappa shape index (κ1) is 21.8. The lowest BCUT2D eigenvalue weighted by Crippen LogP contribution is -2.35. The van der Waals surface area contributed by atoms with Gasteiger partial charge in [0.05, 0.1) is 0 Å². The van der Waals surface area contributed by atoms with E-state index in [4.69, 9.17) is 5.73 Å². The van der Waals surface area contributed by atoms with Crippen molar-refractivity contribution in [3.8, 4) is 0 Å². The fourth-order valence-electron chi connectivity index (χ4n) is 2.06. The molecule has 2 aromatic carbocycles. The van der Waals surface area contributed by atoms with Crippen molar-refractivity contribution in [3.63, 3.8) is 0 Å². The van der Waals surface area contributed by atoms with Crippen LogP contribution in [0.5, 0.6) is 0 Å². The monoisotopic (exact) mass is 432 g/mol. The molecule has 13 heteroatoms. The van der Waals surface area contributed by atoms with E-state index in [0.29, 0.717) is 24.3 Å². The number of nitrogens with two attached hydrogens (primary N) is 1. The van der Waals surface area contributed by atoms with E-state index in [2.05, 4.69) is 4.40 Å². The summed E-state index contributed by atoms with van der Waals surface area (Å²) in [5, 5.41) is 3.89. The molecule has 0 spiro atoms. The molecule has 0 aliphatic rings. The third-order valence-electron chi connectivity index (χ3n) is 3.24. The summed E-state index contributed by atoms with van der Waals surface area (Å²) in [6, 6.07) is 3.12. The van der Waals surface area contributed by atoms with E-state index < -0.39 is 67.2 Å². The lowest BCUT2D eigenvalue weighted by molar-refractivity contribution is -0.117. The number of hydrogen-bond acceptors (Lipinski definition) is 4. The number of hydrogen-bond donors (Lipinski definition) is 3. The van der Waals surface area contributed by atoms with E-state index >= 15 is 0 Å². The highest BCUT2D eigenvalue weighted by Gasteiger charge is 2.22. The lowest BCUT2D eigenvalue weighted by atomic mass is 10.2. The molecule has 0 radical (unpaired) electrons. The van der Waals surface area contributed by atoms with Gasteiger partial charge in [0.15, 0.2) is 17.5 Å².